The highest BCUT2D eigenvalue weighted by Gasteiger charge is 2.53. The van der Waals surface area contributed by atoms with E-state index >= 15 is 0 Å². The first-order chi connectivity index (χ1) is 24.0. The molecule has 0 aromatic heterocycles. The van der Waals surface area contributed by atoms with Crippen LogP contribution in [0, 0.1) is 28.1 Å². The lowest BCUT2D eigenvalue weighted by Crippen LogP contribution is -2.49. The van der Waals surface area contributed by atoms with E-state index in [4.69, 9.17) is 9.47 Å². The SMILES string of the molecule is CCC(CO)(COC(=O)C1(C)CCC2(C)c3ccc(C(C)C)cc3CCC2C1)COC(=O)C1(C)CCC2(C)c3ccc(C(C)C)cc3CCC2C1. The maximum absolute atomic E-state index is 13.9. The molecule has 5 nitrogen and oxygen atoms in total. The zero-order valence-electron chi connectivity index (χ0n) is 33.3. The Labute approximate surface area is 308 Å². The Balaban J connectivity index is 1.06. The molecule has 0 bridgehead atoms. The van der Waals surface area contributed by atoms with E-state index < -0.39 is 16.2 Å². The van der Waals surface area contributed by atoms with Crippen LogP contribution in [0.1, 0.15) is 165 Å². The molecule has 6 unspecified atom stereocenters. The molecule has 1 N–H and O–H groups in total. The van der Waals surface area contributed by atoms with Crippen molar-refractivity contribution in [2.45, 2.75) is 156 Å². The molecule has 280 valence electrons. The van der Waals surface area contributed by atoms with Crippen molar-refractivity contribution in [2.75, 3.05) is 19.8 Å². The summed E-state index contributed by atoms with van der Waals surface area (Å²) in [5.74, 6) is 1.51. The van der Waals surface area contributed by atoms with E-state index in [0.29, 0.717) is 30.1 Å². The number of aliphatic hydroxyl groups excluding tert-OH is 1. The Bertz CT molecular complexity index is 1500. The maximum Gasteiger partial charge on any atom is 0.311 e. The largest absolute Gasteiger partial charge is 0.464 e. The number of carbonyl (C=O) groups is 2. The van der Waals surface area contributed by atoms with Crippen molar-refractivity contribution in [3.63, 3.8) is 0 Å². The van der Waals surface area contributed by atoms with Gasteiger partial charge in [-0.25, -0.2) is 0 Å². The summed E-state index contributed by atoms with van der Waals surface area (Å²) < 4.78 is 12.2. The third-order valence-corrected chi connectivity index (χ3v) is 15.0. The first-order valence-corrected chi connectivity index (χ1v) is 20.2. The predicted octanol–water partition coefficient (Wildman–Crippen LogP) is 10.1. The number of ether oxygens (including phenoxy) is 2. The summed E-state index contributed by atoms with van der Waals surface area (Å²) in [5, 5.41) is 10.6. The molecule has 0 aliphatic heterocycles. The molecule has 0 saturated heterocycles. The molecular formula is C46H66O5. The Hall–Kier alpha value is -2.66. The lowest BCUT2D eigenvalue weighted by molar-refractivity contribution is -0.172. The summed E-state index contributed by atoms with van der Waals surface area (Å²) in [6.07, 6.45) is 9.91. The third kappa shape index (κ3) is 6.83. The van der Waals surface area contributed by atoms with E-state index in [0.717, 1.165) is 64.2 Å². The van der Waals surface area contributed by atoms with Crippen LogP contribution in [0.2, 0.25) is 0 Å². The van der Waals surface area contributed by atoms with Gasteiger partial charge in [-0.05, 0) is 152 Å². The van der Waals surface area contributed by atoms with Crippen molar-refractivity contribution < 1.29 is 24.2 Å². The fraction of sp³-hybridized carbons (Fsp3) is 0.696. The summed E-state index contributed by atoms with van der Waals surface area (Å²) in [4.78, 5) is 27.7. The summed E-state index contributed by atoms with van der Waals surface area (Å²) in [6.45, 7) is 19.8. The van der Waals surface area contributed by atoms with Gasteiger partial charge in [0.15, 0.2) is 0 Å². The molecule has 6 rings (SSSR count). The number of benzene rings is 2. The first-order valence-electron chi connectivity index (χ1n) is 20.2. The second-order valence-corrected chi connectivity index (χ2v) is 19.1. The van der Waals surface area contributed by atoms with E-state index in [-0.39, 0.29) is 42.6 Å². The standard InChI is InChI=1S/C46H66O5/c1-10-46(27-47,28-50-40(48)42(6)19-21-44(8)36(25-42)15-11-34-23-32(30(2)3)13-17-38(34)44)29-51-41(49)43(7)20-22-45(9)37(26-43)16-12-35-24-33(31(4)5)14-18-39(35)45/h13-14,17-18,23-24,30-31,36-37,47H,10-12,15-16,19-22,25-29H2,1-9H3. The average Bonchev–Trinajstić information content (AvgIpc) is 3.12. The molecule has 51 heavy (non-hydrogen) atoms. The van der Waals surface area contributed by atoms with Crippen molar-refractivity contribution in [3.8, 4) is 0 Å². The average molecular weight is 699 g/mol. The van der Waals surface area contributed by atoms with Crippen LogP contribution in [0.4, 0.5) is 0 Å². The molecule has 4 aliphatic rings. The fourth-order valence-electron chi connectivity index (χ4n) is 10.5. The van der Waals surface area contributed by atoms with Gasteiger partial charge < -0.3 is 14.6 Å². The quantitative estimate of drug-likeness (QED) is 0.250. The van der Waals surface area contributed by atoms with Gasteiger partial charge in [-0.2, -0.15) is 0 Å². The number of aliphatic hydroxyl groups is 1. The van der Waals surface area contributed by atoms with Gasteiger partial charge in [0.1, 0.15) is 13.2 Å². The summed E-state index contributed by atoms with van der Waals surface area (Å²) in [7, 11) is 0. The molecule has 0 heterocycles. The van der Waals surface area contributed by atoms with Crippen LogP contribution in [-0.2, 0) is 42.7 Å². The highest BCUT2D eigenvalue weighted by Crippen LogP contribution is 2.57. The Morgan fingerprint density at radius 1 is 0.725 bits per heavy atom. The van der Waals surface area contributed by atoms with Crippen LogP contribution in [0.5, 0.6) is 0 Å². The number of hydrogen-bond donors (Lipinski definition) is 1. The lowest BCUT2D eigenvalue weighted by Gasteiger charge is -2.51. The minimum absolute atomic E-state index is 0.0526. The molecule has 0 spiro atoms. The van der Waals surface area contributed by atoms with Gasteiger partial charge in [0.25, 0.3) is 0 Å². The van der Waals surface area contributed by atoms with Gasteiger partial charge in [-0.1, -0.05) is 84.9 Å². The van der Waals surface area contributed by atoms with E-state index in [2.05, 4.69) is 91.8 Å². The molecule has 0 radical (unpaired) electrons. The molecule has 4 aliphatic carbocycles. The van der Waals surface area contributed by atoms with Crippen LogP contribution in [0.25, 0.3) is 0 Å². The molecular weight excluding hydrogens is 633 g/mol. The smallest absolute Gasteiger partial charge is 0.311 e. The Morgan fingerprint density at radius 3 is 1.49 bits per heavy atom. The second kappa shape index (κ2) is 14.0. The van der Waals surface area contributed by atoms with Crippen molar-refractivity contribution >= 4 is 11.9 Å². The molecule has 2 fully saturated rings. The van der Waals surface area contributed by atoms with E-state index in [1.165, 1.54) is 33.4 Å². The van der Waals surface area contributed by atoms with Crippen LogP contribution < -0.4 is 0 Å². The molecule has 0 amide bonds. The van der Waals surface area contributed by atoms with Gasteiger partial charge in [-0.15, -0.1) is 0 Å². The third-order valence-electron chi connectivity index (χ3n) is 15.0. The number of carbonyl (C=O) groups excluding carboxylic acids is 2. The number of aryl methyl sites for hydroxylation is 2. The Morgan fingerprint density at radius 2 is 1.14 bits per heavy atom. The van der Waals surface area contributed by atoms with Crippen molar-refractivity contribution in [3.05, 3.63) is 69.8 Å². The van der Waals surface area contributed by atoms with Gasteiger partial charge in [-0.3, -0.25) is 9.59 Å². The monoisotopic (exact) mass is 698 g/mol. The normalized spacial score (nSPS) is 32.6. The zero-order chi connectivity index (χ0) is 37.0. The van der Waals surface area contributed by atoms with Crippen molar-refractivity contribution in [1.29, 1.82) is 0 Å². The van der Waals surface area contributed by atoms with E-state index in [1.807, 2.05) is 6.92 Å². The van der Waals surface area contributed by atoms with E-state index in [1.54, 1.807) is 0 Å². The van der Waals surface area contributed by atoms with Crippen LogP contribution in [0.3, 0.4) is 0 Å². The summed E-state index contributed by atoms with van der Waals surface area (Å²) >= 11 is 0. The highest BCUT2D eigenvalue weighted by atomic mass is 16.6. The van der Waals surface area contributed by atoms with Crippen LogP contribution in [-0.4, -0.2) is 36.9 Å². The molecule has 2 saturated carbocycles. The van der Waals surface area contributed by atoms with Gasteiger partial charge in [0.05, 0.1) is 22.9 Å². The highest BCUT2D eigenvalue weighted by molar-refractivity contribution is 5.77. The van der Waals surface area contributed by atoms with Gasteiger partial charge >= 0.3 is 11.9 Å². The maximum atomic E-state index is 13.9. The number of hydrogen-bond acceptors (Lipinski definition) is 5. The van der Waals surface area contributed by atoms with E-state index in [9.17, 15) is 14.7 Å². The van der Waals surface area contributed by atoms with Crippen molar-refractivity contribution in [2.24, 2.45) is 28.1 Å². The Kier molecular flexibility index (Phi) is 10.4. The number of rotatable bonds is 10. The van der Waals surface area contributed by atoms with Crippen molar-refractivity contribution in [1.82, 2.24) is 0 Å². The first kappa shape index (κ1) is 38.1. The molecule has 2 aromatic rings. The zero-order valence-corrected chi connectivity index (χ0v) is 33.3. The van der Waals surface area contributed by atoms with Gasteiger partial charge in [0.2, 0.25) is 0 Å². The molecule has 6 atom stereocenters. The van der Waals surface area contributed by atoms with Crippen LogP contribution >= 0.6 is 0 Å². The minimum Gasteiger partial charge on any atom is -0.464 e. The lowest BCUT2D eigenvalue weighted by atomic mass is 9.53. The number of esters is 2. The molecule has 2 aromatic carbocycles. The fourth-order valence-corrected chi connectivity index (χ4v) is 10.5. The number of fused-ring (bicyclic) bond motifs is 6. The van der Waals surface area contributed by atoms with Crippen LogP contribution in [0.15, 0.2) is 36.4 Å². The molecule has 5 heteroatoms. The second-order valence-electron chi connectivity index (χ2n) is 19.1. The topological polar surface area (TPSA) is 72.8 Å². The predicted molar refractivity (Wildman–Crippen MR) is 205 cm³/mol. The minimum atomic E-state index is -0.819. The van der Waals surface area contributed by atoms with Gasteiger partial charge in [0, 0.05) is 0 Å². The summed E-state index contributed by atoms with van der Waals surface area (Å²) in [5.41, 5.74) is 6.89. The summed E-state index contributed by atoms with van der Waals surface area (Å²) in [6, 6.07) is 14.1.